The zero-order chi connectivity index (χ0) is 20.6. The third-order valence-corrected chi connectivity index (χ3v) is 5.32. The molecule has 1 aromatic carbocycles. The fourth-order valence-corrected chi connectivity index (χ4v) is 3.79. The van der Waals surface area contributed by atoms with Gasteiger partial charge in [-0.25, -0.2) is 0 Å². The Labute approximate surface area is 175 Å². The van der Waals surface area contributed by atoms with Crippen molar-refractivity contribution >= 4 is 5.57 Å². The molecule has 2 aliphatic rings. The Morgan fingerprint density at radius 1 is 1.21 bits per heavy atom. The molecule has 29 heavy (non-hydrogen) atoms. The summed E-state index contributed by atoms with van der Waals surface area (Å²) in [5.41, 5.74) is 6.41. The SMILES string of the molecule is CNCc1cccc(C2=CC3=C(N/C=C/C(C)=C/CC/C=C(/OC)C3)N(C)C2)c1. The maximum absolute atomic E-state index is 5.70. The first kappa shape index (κ1) is 21.0. The number of allylic oxidation sites excluding steroid dienone is 6. The van der Waals surface area contributed by atoms with Crippen LogP contribution in [0.3, 0.4) is 0 Å². The van der Waals surface area contributed by atoms with E-state index in [1.54, 1.807) is 7.11 Å². The lowest BCUT2D eigenvalue weighted by Gasteiger charge is -2.31. The number of rotatable bonds is 4. The zero-order valence-corrected chi connectivity index (χ0v) is 18.1. The van der Waals surface area contributed by atoms with E-state index in [1.165, 1.54) is 27.8 Å². The molecule has 0 spiro atoms. The molecule has 1 aromatic rings. The highest BCUT2D eigenvalue weighted by Crippen LogP contribution is 2.29. The summed E-state index contributed by atoms with van der Waals surface area (Å²) in [5.74, 6) is 2.15. The molecule has 0 unspecified atom stereocenters. The number of likely N-dealkylation sites (N-methyl/N-ethyl adjacent to an activating group) is 1. The molecule has 3 rings (SSSR count). The minimum atomic E-state index is 0.777. The zero-order valence-electron chi connectivity index (χ0n) is 18.1. The third kappa shape index (κ3) is 5.64. The van der Waals surface area contributed by atoms with Gasteiger partial charge in [-0.1, -0.05) is 35.9 Å². The van der Waals surface area contributed by atoms with Crippen molar-refractivity contribution in [3.8, 4) is 0 Å². The minimum Gasteiger partial charge on any atom is -0.501 e. The molecule has 0 atom stereocenters. The van der Waals surface area contributed by atoms with Crippen LogP contribution in [-0.2, 0) is 11.3 Å². The highest BCUT2D eigenvalue weighted by Gasteiger charge is 2.20. The molecular weight excluding hydrogens is 358 g/mol. The van der Waals surface area contributed by atoms with Crippen LogP contribution in [0, 0.1) is 0 Å². The van der Waals surface area contributed by atoms with Crippen LogP contribution in [0.2, 0.25) is 0 Å². The first-order valence-electron chi connectivity index (χ1n) is 10.3. The predicted octanol–water partition coefficient (Wildman–Crippen LogP) is 4.71. The smallest absolute Gasteiger partial charge is 0.109 e. The third-order valence-electron chi connectivity index (χ3n) is 5.32. The van der Waals surface area contributed by atoms with Crippen LogP contribution in [0.15, 0.2) is 77.5 Å². The second kappa shape index (κ2) is 10.2. The average Bonchev–Trinajstić information content (AvgIpc) is 2.71. The van der Waals surface area contributed by atoms with Gasteiger partial charge in [0.25, 0.3) is 0 Å². The van der Waals surface area contributed by atoms with Gasteiger partial charge < -0.3 is 20.3 Å². The minimum absolute atomic E-state index is 0.777. The average molecular weight is 392 g/mol. The van der Waals surface area contributed by atoms with E-state index in [1.807, 2.05) is 13.2 Å². The molecule has 0 radical (unpaired) electrons. The van der Waals surface area contributed by atoms with E-state index in [2.05, 4.69) is 78.1 Å². The lowest BCUT2D eigenvalue weighted by Crippen LogP contribution is -2.31. The van der Waals surface area contributed by atoms with E-state index in [-0.39, 0.29) is 0 Å². The second-order valence-corrected chi connectivity index (χ2v) is 7.68. The van der Waals surface area contributed by atoms with Gasteiger partial charge in [0.2, 0.25) is 0 Å². The maximum Gasteiger partial charge on any atom is 0.109 e. The summed E-state index contributed by atoms with van der Waals surface area (Å²) in [4.78, 5) is 2.29. The first-order chi connectivity index (χ1) is 14.1. The number of benzene rings is 1. The predicted molar refractivity (Wildman–Crippen MR) is 122 cm³/mol. The molecule has 154 valence electrons. The summed E-state index contributed by atoms with van der Waals surface area (Å²) >= 11 is 0. The van der Waals surface area contributed by atoms with E-state index in [0.717, 1.165) is 43.9 Å². The van der Waals surface area contributed by atoms with Crippen LogP contribution in [-0.4, -0.2) is 32.6 Å². The second-order valence-electron chi connectivity index (χ2n) is 7.68. The lowest BCUT2D eigenvalue weighted by molar-refractivity contribution is 0.280. The van der Waals surface area contributed by atoms with E-state index in [4.69, 9.17) is 4.74 Å². The quantitative estimate of drug-likeness (QED) is 0.779. The van der Waals surface area contributed by atoms with E-state index in [9.17, 15) is 0 Å². The van der Waals surface area contributed by atoms with Gasteiger partial charge in [0.1, 0.15) is 5.82 Å². The molecule has 2 N–H and O–H groups in total. The van der Waals surface area contributed by atoms with Gasteiger partial charge in [-0.05, 0) is 61.7 Å². The van der Waals surface area contributed by atoms with Crippen LogP contribution in [0.1, 0.15) is 37.3 Å². The molecule has 2 aliphatic heterocycles. The highest BCUT2D eigenvalue weighted by molar-refractivity contribution is 5.72. The highest BCUT2D eigenvalue weighted by atomic mass is 16.5. The summed E-state index contributed by atoms with van der Waals surface area (Å²) in [6, 6.07) is 8.80. The van der Waals surface area contributed by atoms with E-state index in [0.29, 0.717) is 0 Å². The molecule has 0 bridgehead atoms. The van der Waals surface area contributed by atoms with E-state index < -0.39 is 0 Å². The number of methoxy groups -OCH3 is 1. The number of hydrogen-bond donors (Lipinski definition) is 2. The fraction of sp³-hybridized carbons (Fsp3) is 0.360. The molecule has 0 aliphatic carbocycles. The van der Waals surface area contributed by atoms with Gasteiger partial charge in [-0.2, -0.15) is 0 Å². The van der Waals surface area contributed by atoms with Crippen molar-refractivity contribution in [2.24, 2.45) is 0 Å². The van der Waals surface area contributed by atoms with Crippen LogP contribution < -0.4 is 10.6 Å². The van der Waals surface area contributed by atoms with Gasteiger partial charge in [0.05, 0.1) is 12.9 Å². The largest absolute Gasteiger partial charge is 0.501 e. The van der Waals surface area contributed by atoms with Gasteiger partial charge in [-0.3, -0.25) is 0 Å². The monoisotopic (exact) mass is 391 g/mol. The molecule has 0 fully saturated rings. The molecule has 2 heterocycles. The Kier molecular flexibility index (Phi) is 7.36. The summed E-state index contributed by atoms with van der Waals surface area (Å²) < 4.78 is 5.70. The maximum atomic E-state index is 5.70. The standard InChI is InChI=1S/C25H33N3O/c1-19-8-5-6-11-24(29-4)16-22-15-23(18-28(3)25(22)27-13-12-19)21-10-7-9-20(14-21)17-26-2/h7-15,26-27H,5-6,16-18H2,1-4H3/b13-12+,19-8+,24-11+. The Hall–Kier alpha value is -2.72. The number of hydrogen-bond acceptors (Lipinski definition) is 4. The van der Waals surface area contributed by atoms with Crippen molar-refractivity contribution in [3.63, 3.8) is 0 Å². The number of nitrogens with zero attached hydrogens (tertiary/aromatic N) is 1. The Morgan fingerprint density at radius 2 is 2.03 bits per heavy atom. The molecule has 0 amide bonds. The van der Waals surface area contributed by atoms with Crippen LogP contribution in [0.25, 0.3) is 5.57 Å². The molecular formula is C25H33N3O. The van der Waals surface area contributed by atoms with Crippen molar-refractivity contribution in [1.29, 1.82) is 0 Å². The molecule has 0 saturated heterocycles. The van der Waals surface area contributed by atoms with Gasteiger partial charge in [-0.15, -0.1) is 0 Å². The Balaban J connectivity index is 2.00. The summed E-state index contributed by atoms with van der Waals surface area (Å²) in [6.45, 7) is 3.88. The van der Waals surface area contributed by atoms with Gasteiger partial charge in [0.15, 0.2) is 0 Å². The van der Waals surface area contributed by atoms with Crippen LogP contribution in [0.4, 0.5) is 0 Å². The lowest BCUT2D eigenvalue weighted by atomic mass is 9.95. The molecule has 0 saturated carbocycles. The summed E-state index contributed by atoms with van der Waals surface area (Å²) in [6.07, 6.45) is 13.8. The molecule has 4 heteroatoms. The van der Waals surface area contributed by atoms with Crippen molar-refractivity contribution in [2.75, 3.05) is 27.7 Å². The van der Waals surface area contributed by atoms with Crippen molar-refractivity contribution in [2.45, 2.75) is 32.7 Å². The van der Waals surface area contributed by atoms with Gasteiger partial charge >= 0.3 is 0 Å². The first-order valence-corrected chi connectivity index (χ1v) is 10.3. The van der Waals surface area contributed by atoms with Crippen molar-refractivity contribution < 1.29 is 4.74 Å². The summed E-state index contributed by atoms with van der Waals surface area (Å²) in [7, 11) is 5.90. The normalized spacial score (nSPS) is 22.6. The Bertz CT molecular complexity index is 874. The fourth-order valence-electron chi connectivity index (χ4n) is 3.79. The Morgan fingerprint density at radius 3 is 2.83 bits per heavy atom. The van der Waals surface area contributed by atoms with Crippen molar-refractivity contribution in [3.05, 3.63) is 88.6 Å². The van der Waals surface area contributed by atoms with E-state index >= 15 is 0 Å². The summed E-state index contributed by atoms with van der Waals surface area (Å²) in [5, 5.41) is 6.75. The number of nitrogens with one attached hydrogen (secondary N) is 2. The van der Waals surface area contributed by atoms with Crippen LogP contribution >= 0.6 is 0 Å². The van der Waals surface area contributed by atoms with Gasteiger partial charge in [0, 0.05) is 38.3 Å². The molecule has 4 nitrogen and oxygen atoms in total. The number of ether oxygens (including phenoxy) is 1. The molecule has 0 aromatic heterocycles. The topological polar surface area (TPSA) is 36.5 Å². The van der Waals surface area contributed by atoms with Crippen molar-refractivity contribution in [1.82, 2.24) is 15.5 Å². The van der Waals surface area contributed by atoms with Crippen LogP contribution in [0.5, 0.6) is 0 Å².